The Morgan fingerprint density at radius 1 is 1.29 bits per heavy atom. The van der Waals surface area contributed by atoms with Gasteiger partial charge in [-0.25, -0.2) is 4.79 Å². The topological polar surface area (TPSA) is 92.4 Å². The second-order valence-electron chi connectivity index (χ2n) is 4.53. The van der Waals surface area contributed by atoms with Gasteiger partial charge in [-0.2, -0.15) is 0 Å². The highest BCUT2D eigenvalue weighted by Crippen LogP contribution is 2.17. The maximum absolute atomic E-state index is 11.9. The van der Waals surface area contributed by atoms with E-state index in [0.717, 1.165) is 17.2 Å². The lowest BCUT2D eigenvalue weighted by Crippen LogP contribution is -2.11. The van der Waals surface area contributed by atoms with Gasteiger partial charge in [0.2, 0.25) is 5.76 Å². The summed E-state index contributed by atoms with van der Waals surface area (Å²) in [5.41, 5.74) is 2.84. The van der Waals surface area contributed by atoms with Crippen LogP contribution >= 0.6 is 0 Å². The van der Waals surface area contributed by atoms with Gasteiger partial charge in [-0.1, -0.05) is 11.2 Å². The molecule has 21 heavy (non-hydrogen) atoms. The van der Waals surface area contributed by atoms with E-state index in [9.17, 15) is 9.59 Å². The molecule has 0 aliphatic rings. The molecular formula is C15H14N2O4. The Kier molecular flexibility index (Phi) is 4.18. The number of anilines is 1. The number of nitrogens with one attached hydrogen (secondary N) is 1. The number of aliphatic carboxylic acids is 1. The van der Waals surface area contributed by atoms with Crippen molar-refractivity contribution < 1.29 is 19.2 Å². The van der Waals surface area contributed by atoms with E-state index >= 15 is 0 Å². The molecular weight excluding hydrogens is 272 g/mol. The van der Waals surface area contributed by atoms with Gasteiger partial charge in [-0.15, -0.1) is 0 Å². The van der Waals surface area contributed by atoms with Gasteiger partial charge >= 0.3 is 5.97 Å². The highest BCUT2D eigenvalue weighted by Gasteiger charge is 2.11. The molecule has 1 heterocycles. The minimum atomic E-state index is -1.01. The van der Waals surface area contributed by atoms with Crippen LogP contribution < -0.4 is 5.32 Å². The Bertz CT molecular complexity index is 716. The average Bonchev–Trinajstić information content (AvgIpc) is 2.84. The van der Waals surface area contributed by atoms with Gasteiger partial charge in [-0.05, 0) is 43.2 Å². The number of carbonyl (C=O) groups excluding carboxylic acids is 1. The number of rotatable bonds is 4. The van der Waals surface area contributed by atoms with Gasteiger partial charge in [0.25, 0.3) is 5.91 Å². The van der Waals surface area contributed by atoms with E-state index < -0.39 is 5.97 Å². The highest BCUT2D eigenvalue weighted by atomic mass is 16.5. The number of benzene rings is 1. The summed E-state index contributed by atoms with van der Waals surface area (Å²) in [4.78, 5) is 22.4. The predicted octanol–water partition coefficient (Wildman–Crippen LogP) is 2.64. The lowest BCUT2D eigenvalue weighted by molar-refractivity contribution is -0.131. The van der Waals surface area contributed by atoms with E-state index in [4.69, 9.17) is 9.63 Å². The molecule has 1 amide bonds. The fourth-order valence-electron chi connectivity index (χ4n) is 1.76. The summed E-state index contributed by atoms with van der Waals surface area (Å²) >= 11 is 0. The Balaban J connectivity index is 2.13. The van der Waals surface area contributed by atoms with Crippen LogP contribution in [0, 0.1) is 13.8 Å². The molecule has 6 nitrogen and oxygen atoms in total. The largest absolute Gasteiger partial charge is 0.478 e. The maximum atomic E-state index is 11.9. The fraction of sp³-hybridized carbons (Fsp3) is 0.133. The third kappa shape index (κ3) is 3.79. The molecule has 2 aromatic rings. The number of hydrogen-bond donors (Lipinski definition) is 2. The second kappa shape index (κ2) is 6.04. The monoisotopic (exact) mass is 286 g/mol. The lowest BCUT2D eigenvalue weighted by Gasteiger charge is -2.06. The molecule has 0 atom stereocenters. The van der Waals surface area contributed by atoms with Crippen molar-refractivity contribution in [3.05, 3.63) is 52.9 Å². The van der Waals surface area contributed by atoms with E-state index in [1.165, 1.54) is 6.08 Å². The first kappa shape index (κ1) is 14.5. The summed E-state index contributed by atoms with van der Waals surface area (Å²) in [7, 11) is 0. The molecule has 0 saturated carbocycles. The molecule has 0 aliphatic carbocycles. The van der Waals surface area contributed by atoms with Gasteiger partial charge in [-0.3, -0.25) is 4.79 Å². The zero-order chi connectivity index (χ0) is 15.4. The molecule has 0 aliphatic heterocycles. The van der Waals surface area contributed by atoms with Gasteiger partial charge in [0.05, 0.1) is 5.69 Å². The maximum Gasteiger partial charge on any atom is 0.328 e. The summed E-state index contributed by atoms with van der Waals surface area (Å²) in [5, 5.41) is 14.9. The summed E-state index contributed by atoms with van der Waals surface area (Å²) in [5.74, 6) is -1.25. The molecule has 0 bridgehead atoms. The SMILES string of the molecule is Cc1cc(C(=O)Nc2ccc(C=CC(=O)O)c(C)c2)on1. The number of aromatic nitrogens is 1. The quantitative estimate of drug-likeness (QED) is 0.843. The number of amides is 1. The summed E-state index contributed by atoms with van der Waals surface area (Å²) in [6.07, 6.45) is 2.57. The van der Waals surface area contributed by atoms with Crippen LogP contribution in [-0.2, 0) is 4.79 Å². The molecule has 0 fully saturated rings. The van der Waals surface area contributed by atoms with Crippen LogP contribution in [-0.4, -0.2) is 22.1 Å². The molecule has 0 radical (unpaired) electrons. The number of carboxylic acids is 1. The number of nitrogens with zero attached hydrogens (tertiary/aromatic N) is 1. The van der Waals surface area contributed by atoms with Crippen molar-refractivity contribution >= 4 is 23.6 Å². The summed E-state index contributed by atoms with van der Waals surface area (Å²) < 4.78 is 4.88. The third-order valence-corrected chi connectivity index (χ3v) is 2.78. The molecule has 2 N–H and O–H groups in total. The molecule has 108 valence electrons. The minimum absolute atomic E-state index is 0.139. The molecule has 1 aromatic heterocycles. The molecule has 0 saturated heterocycles. The predicted molar refractivity (Wildman–Crippen MR) is 77.0 cm³/mol. The Hall–Kier alpha value is -2.89. The second-order valence-corrected chi connectivity index (χ2v) is 4.53. The first-order chi connectivity index (χ1) is 9.95. The number of aryl methyl sites for hydroxylation is 2. The van der Waals surface area contributed by atoms with Crippen molar-refractivity contribution in [2.75, 3.05) is 5.32 Å². The van der Waals surface area contributed by atoms with Crippen molar-refractivity contribution in [1.82, 2.24) is 5.16 Å². The van der Waals surface area contributed by atoms with Crippen LogP contribution in [0.1, 0.15) is 27.4 Å². The molecule has 0 spiro atoms. The molecule has 0 unspecified atom stereocenters. The van der Waals surface area contributed by atoms with Gasteiger partial charge in [0, 0.05) is 17.8 Å². The van der Waals surface area contributed by atoms with Crippen molar-refractivity contribution in [3.8, 4) is 0 Å². The van der Waals surface area contributed by atoms with Crippen LogP contribution in [0.15, 0.2) is 34.9 Å². The Labute approximate surface area is 121 Å². The standard InChI is InChI=1S/C15H14N2O4/c1-9-7-12(5-3-11(9)4-6-14(18)19)16-15(20)13-8-10(2)17-21-13/h3-8H,1-2H3,(H,16,20)(H,18,19). The first-order valence-electron chi connectivity index (χ1n) is 6.22. The zero-order valence-corrected chi connectivity index (χ0v) is 11.6. The number of carboxylic acid groups (broad SMARTS) is 1. The smallest absolute Gasteiger partial charge is 0.328 e. The third-order valence-electron chi connectivity index (χ3n) is 2.78. The van der Waals surface area contributed by atoms with Gasteiger partial charge in [0.1, 0.15) is 0 Å². The number of hydrogen-bond acceptors (Lipinski definition) is 4. The van der Waals surface area contributed by atoms with Crippen molar-refractivity contribution in [1.29, 1.82) is 0 Å². The van der Waals surface area contributed by atoms with E-state index in [1.807, 2.05) is 6.92 Å². The fourth-order valence-corrected chi connectivity index (χ4v) is 1.76. The van der Waals surface area contributed by atoms with E-state index in [-0.39, 0.29) is 11.7 Å². The normalized spacial score (nSPS) is 10.8. The molecule has 1 aromatic carbocycles. The number of carbonyl (C=O) groups is 2. The Morgan fingerprint density at radius 2 is 2.05 bits per heavy atom. The van der Waals surface area contributed by atoms with Crippen LogP contribution in [0.25, 0.3) is 6.08 Å². The van der Waals surface area contributed by atoms with Gasteiger partial charge in [0.15, 0.2) is 0 Å². The van der Waals surface area contributed by atoms with Crippen molar-refractivity contribution in [2.24, 2.45) is 0 Å². The summed E-state index contributed by atoms with van der Waals surface area (Å²) in [6.45, 7) is 3.56. The van der Waals surface area contributed by atoms with Crippen LogP contribution in [0.4, 0.5) is 5.69 Å². The van der Waals surface area contributed by atoms with Crippen molar-refractivity contribution in [2.45, 2.75) is 13.8 Å². The zero-order valence-electron chi connectivity index (χ0n) is 11.6. The highest BCUT2D eigenvalue weighted by molar-refractivity contribution is 6.02. The molecule has 6 heteroatoms. The summed E-state index contributed by atoms with van der Waals surface area (Å²) in [6, 6.07) is 6.72. The van der Waals surface area contributed by atoms with E-state index in [0.29, 0.717) is 11.4 Å². The van der Waals surface area contributed by atoms with Gasteiger partial charge < -0.3 is 14.9 Å². The van der Waals surface area contributed by atoms with E-state index in [1.54, 1.807) is 31.2 Å². The van der Waals surface area contributed by atoms with Crippen molar-refractivity contribution in [3.63, 3.8) is 0 Å². The van der Waals surface area contributed by atoms with Crippen LogP contribution in [0.3, 0.4) is 0 Å². The van der Waals surface area contributed by atoms with E-state index in [2.05, 4.69) is 10.5 Å². The van der Waals surface area contributed by atoms with Crippen LogP contribution in [0.2, 0.25) is 0 Å². The lowest BCUT2D eigenvalue weighted by atomic mass is 10.1. The molecule has 2 rings (SSSR count). The Morgan fingerprint density at radius 3 is 2.62 bits per heavy atom. The average molecular weight is 286 g/mol. The minimum Gasteiger partial charge on any atom is -0.478 e. The van der Waals surface area contributed by atoms with Crippen LogP contribution in [0.5, 0.6) is 0 Å². The first-order valence-corrected chi connectivity index (χ1v) is 6.22.